The van der Waals surface area contributed by atoms with Crippen LogP contribution in [0, 0.1) is 16.6 Å². The van der Waals surface area contributed by atoms with Crippen LogP contribution in [-0.2, 0) is 4.74 Å². The summed E-state index contributed by atoms with van der Waals surface area (Å²) in [6, 6.07) is 4.08. The van der Waals surface area contributed by atoms with Gasteiger partial charge in [-0.1, -0.05) is 0 Å². The van der Waals surface area contributed by atoms with Crippen LogP contribution < -0.4 is 10.6 Å². The number of benzene rings is 1. The highest BCUT2D eigenvalue weighted by Crippen LogP contribution is 2.26. The largest absolute Gasteiger partial charge is 0.481 e. The maximum Gasteiger partial charge on any atom is 0.207 e. The lowest BCUT2D eigenvalue weighted by molar-refractivity contribution is 0.199. The Morgan fingerprint density at radius 1 is 1.44 bits per heavy atom. The van der Waals surface area contributed by atoms with Crippen LogP contribution >= 0.6 is 0 Å². The van der Waals surface area contributed by atoms with Gasteiger partial charge in [0.1, 0.15) is 5.82 Å². The minimum Gasteiger partial charge on any atom is -0.481 e. The molecule has 0 amide bonds. The smallest absolute Gasteiger partial charge is 0.207 e. The molecule has 136 valence electrons. The van der Waals surface area contributed by atoms with Crippen molar-refractivity contribution in [3.8, 4) is 0 Å². The number of ether oxygens (including phenoxy) is 1. The van der Waals surface area contributed by atoms with Gasteiger partial charge in [0.25, 0.3) is 0 Å². The van der Waals surface area contributed by atoms with Crippen molar-refractivity contribution in [2.24, 2.45) is 0 Å². The Bertz CT molecular complexity index is 669. The number of nitrogens with one attached hydrogen (secondary N) is 4. The predicted molar refractivity (Wildman–Crippen MR) is 98.6 cm³/mol. The van der Waals surface area contributed by atoms with Gasteiger partial charge in [0.15, 0.2) is 0 Å². The molecule has 0 heterocycles. The molecule has 1 atom stereocenters. The zero-order valence-electron chi connectivity index (χ0n) is 14.7. The third-order valence-electron chi connectivity index (χ3n) is 3.36. The monoisotopic (exact) mass is 348 g/mol. The van der Waals surface area contributed by atoms with E-state index in [-0.39, 0.29) is 5.90 Å². The minimum absolute atomic E-state index is 0.0593. The summed E-state index contributed by atoms with van der Waals surface area (Å²) in [6.07, 6.45) is 3.89. The summed E-state index contributed by atoms with van der Waals surface area (Å²) in [5, 5.41) is 31.2. The standard InChI is InChI=1S/C18H25FN4O2/c1-4-22-11-13(10-20)7-15(9-18(21)25-3)23-17-6-5-14(19)8-16(17)12(2)24/h5-6,8-12,20-24H,4,7H2,1-3H3/b13-11-,15-9-,20-10?,21-18?/t12-/m1/s1. The average molecular weight is 348 g/mol. The molecule has 0 radical (unpaired) electrons. The minimum atomic E-state index is -0.860. The van der Waals surface area contributed by atoms with Crippen LogP contribution in [0.4, 0.5) is 10.1 Å². The van der Waals surface area contributed by atoms with Gasteiger partial charge in [-0.15, -0.1) is 0 Å². The van der Waals surface area contributed by atoms with E-state index < -0.39 is 11.9 Å². The summed E-state index contributed by atoms with van der Waals surface area (Å²) in [5.74, 6) is -0.500. The Morgan fingerprint density at radius 3 is 2.72 bits per heavy atom. The molecule has 0 aliphatic carbocycles. The second-order valence-corrected chi connectivity index (χ2v) is 5.37. The molecule has 7 heteroatoms. The average Bonchev–Trinajstić information content (AvgIpc) is 2.59. The number of hydrogen-bond acceptors (Lipinski definition) is 6. The number of anilines is 1. The topological polar surface area (TPSA) is 101 Å². The lowest BCUT2D eigenvalue weighted by Gasteiger charge is -2.17. The number of aliphatic hydroxyl groups is 1. The quantitative estimate of drug-likeness (QED) is 0.349. The van der Waals surface area contributed by atoms with Gasteiger partial charge < -0.3 is 25.9 Å². The number of rotatable bonds is 9. The molecule has 0 aromatic heterocycles. The molecule has 1 rings (SSSR count). The molecule has 0 fully saturated rings. The van der Waals surface area contributed by atoms with Crippen molar-refractivity contribution in [1.82, 2.24) is 5.32 Å². The van der Waals surface area contributed by atoms with Crippen molar-refractivity contribution in [3.63, 3.8) is 0 Å². The van der Waals surface area contributed by atoms with Crippen molar-refractivity contribution in [1.29, 1.82) is 10.8 Å². The van der Waals surface area contributed by atoms with Gasteiger partial charge in [-0.25, -0.2) is 4.39 Å². The summed E-state index contributed by atoms with van der Waals surface area (Å²) in [6.45, 7) is 4.22. The lowest BCUT2D eigenvalue weighted by atomic mass is 10.1. The van der Waals surface area contributed by atoms with E-state index in [1.54, 1.807) is 13.1 Å². The van der Waals surface area contributed by atoms with Crippen LogP contribution in [0.15, 0.2) is 41.7 Å². The third kappa shape index (κ3) is 6.76. The molecular weight excluding hydrogens is 323 g/mol. The van der Waals surface area contributed by atoms with Crippen molar-refractivity contribution < 1.29 is 14.2 Å². The number of halogens is 1. The Kier molecular flexibility index (Phi) is 8.35. The van der Waals surface area contributed by atoms with Crippen LogP contribution in [-0.4, -0.2) is 30.9 Å². The van der Waals surface area contributed by atoms with Gasteiger partial charge in [0.2, 0.25) is 5.90 Å². The molecule has 0 aliphatic rings. The molecular formula is C18H25FN4O2. The highest BCUT2D eigenvalue weighted by atomic mass is 19.1. The van der Waals surface area contributed by atoms with E-state index in [0.29, 0.717) is 28.9 Å². The highest BCUT2D eigenvalue weighted by Gasteiger charge is 2.12. The van der Waals surface area contributed by atoms with E-state index >= 15 is 0 Å². The molecule has 0 spiro atoms. The van der Waals surface area contributed by atoms with Crippen LogP contribution in [0.1, 0.15) is 31.9 Å². The van der Waals surface area contributed by atoms with Crippen molar-refractivity contribution in [2.45, 2.75) is 26.4 Å². The Morgan fingerprint density at radius 2 is 2.16 bits per heavy atom. The van der Waals surface area contributed by atoms with Gasteiger partial charge in [-0.3, -0.25) is 5.41 Å². The third-order valence-corrected chi connectivity index (χ3v) is 3.36. The van der Waals surface area contributed by atoms with E-state index in [0.717, 1.165) is 6.54 Å². The molecule has 6 nitrogen and oxygen atoms in total. The number of aliphatic hydroxyl groups excluding tert-OH is 1. The SMILES string of the molecule is CCN/C=C(\C=N)C/C(=C/C(=N)OC)Nc1ccc(F)cc1[C@@H](C)O. The van der Waals surface area contributed by atoms with Gasteiger partial charge >= 0.3 is 0 Å². The number of hydrogen-bond donors (Lipinski definition) is 5. The molecule has 0 saturated heterocycles. The van der Waals surface area contributed by atoms with Crippen LogP contribution in [0.3, 0.4) is 0 Å². The first-order valence-corrected chi connectivity index (χ1v) is 7.91. The molecule has 5 N–H and O–H groups in total. The molecule has 1 aromatic carbocycles. The molecule has 1 aromatic rings. The summed E-state index contributed by atoms with van der Waals surface area (Å²) in [4.78, 5) is 0. The second kappa shape index (κ2) is 10.2. The molecule has 0 aliphatic heterocycles. The fraction of sp³-hybridized carbons (Fsp3) is 0.333. The number of methoxy groups -OCH3 is 1. The zero-order valence-corrected chi connectivity index (χ0v) is 14.7. The highest BCUT2D eigenvalue weighted by molar-refractivity contribution is 5.87. The molecule has 25 heavy (non-hydrogen) atoms. The predicted octanol–water partition coefficient (Wildman–Crippen LogP) is 3.33. The van der Waals surface area contributed by atoms with E-state index in [2.05, 4.69) is 10.6 Å². The van der Waals surface area contributed by atoms with E-state index in [1.807, 2.05) is 6.92 Å². The van der Waals surface area contributed by atoms with Gasteiger partial charge in [-0.05, 0) is 37.6 Å². The van der Waals surface area contributed by atoms with E-state index in [9.17, 15) is 9.50 Å². The lowest BCUT2D eigenvalue weighted by Crippen LogP contribution is -2.10. The van der Waals surface area contributed by atoms with Crippen LogP contribution in [0.25, 0.3) is 0 Å². The van der Waals surface area contributed by atoms with Crippen LogP contribution in [0.5, 0.6) is 0 Å². The Hall–Kier alpha value is -2.67. The second-order valence-electron chi connectivity index (χ2n) is 5.37. The van der Waals surface area contributed by atoms with Gasteiger partial charge in [0.05, 0.1) is 13.2 Å². The van der Waals surface area contributed by atoms with E-state index in [1.165, 1.54) is 37.6 Å². The van der Waals surface area contributed by atoms with E-state index in [4.69, 9.17) is 15.6 Å². The summed E-state index contributed by atoms with van der Waals surface area (Å²) in [5.41, 5.74) is 2.19. The van der Waals surface area contributed by atoms with Gasteiger partial charge in [-0.2, -0.15) is 0 Å². The summed E-state index contributed by atoms with van der Waals surface area (Å²) >= 11 is 0. The Balaban J connectivity index is 3.16. The fourth-order valence-electron chi connectivity index (χ4n) is 2.11. The maximum atomic E-state index is 13.5. The van der Waals surface area contributed by atoms with Crippen LogP contribution in [0.2, 0.25) is 0 Å². The van der Waals surface area contributed by atoms with Gasteiger partial charge in [0, 0.05) is 48.4 Å². The normalized spacial score (nSPS) is 13.2. The number of allylic oxidation sites excluding steroid dienone is 1. The Labute approximate surface area is 147 Å². The van der Waals surface area contributed by atoms with Crippen molar-refractivity contribution >= 4 is 17.8 Å². The summed E-state index contributed by atoms with van der Waals surface area (Å²) in [7, 11) is 1.39. The zero-order chi connectivity index (χ0) is 18.8. The molecule has 0 saturated carbocycles. The van der Waals surface area contributed by atoms with Crippen molar-refractivity contribution in [3.05, 3.63) is 53.1 Å². The fourth-order valence-corrected chi connectivity index (χ4v) is 2.11. The van der Waals surface area contributed by atoms with Crippen molar-refractivity contribution in [2.75, 3.05) is 19.0 Å². The maximum absolute atomic E-state index is 13.5. The first-order chi connectivity index (χ1) is 11.9. The molecule has 0 unspecified atom stereocenters. The summed E-state index contributed by atoms with van der Waals surface area (Å²) < 4.78 is 18.3. The molecule has 0 bridgehead atoms. The first-order valence-electron chi connectivity index (χ1n) is 7.91. The first kappa shape index (κ1) is 20.4.